The molecule has 0 aromatic carbocycles. The lowest BCUT2D eigenvalue weighted by Gasteiger charge is -2.31. The van der Waals surface area contributed by atoms with Gasteiger partial charge in [0.05, 0.1) is 5.69 Å². The molecule has 1 aromatic rings. The molecule has 1 heterocycles. The molecule has 0 spiro atoms. The molecule has 0 bridgehead atoms. The van der Waals surface area contributed by atoms with Gasteiger partial charge in [-0.15, -0.1) is 0 Å². The van der Waals surface area contributed by atoms with E-state index in [9.17, 15) is 0 Å². The number of nitrogens with one attached hydrogen (secondary N) is 1. The van der Waals surface area contributed by atoms with E-state index < -0.39 is 0 Å². The minimum absolute atomic E-state index is 0.513. The highest BCUT2D eigenvalue weighted by Crippen LogP contribution is 2.35. The van der Waals surface area contributed by atoms with Gasteiger partial charge in [-0.1, -0.05) is 26.2 Å². The Kier molecular flexibility index (Phi) is 4.81. The van der Waals surface area contributed by atoms with E-state index in [1.54, 1.807) is 0 Å². The topological polar surface area (TPSA) is 29.9 Å². The number of aromatic nitrogens is 2. The number of hydrogen-bond donors (Lipinski definition) is 1. The Bertz CT molecular complexity index is 364. The first-order valence-electron chi connectivity index (χ1n) is 7.46. The van der Waals surface area contributed by atoms with Crippen LogP contribution in [0.1, 0.15) is 62.7 Å². The van der Waals surface area contributed by atoms with Crippen LogP contribution in [-0.4, -0.2) is 16.3 Å². The normalized spacial score (nSPS) is 19.1. The summed E-state index contributed by atoms with van der Waals surface area (Å²) in [6, 6.07) is 0.513. The Hall–Kier alpha value is -0.830. The van der Waals surface area contributed by atoms with Crippen molar-refractivity contribution in [2.24, 2.45) is 13.0 Å². The van der Waals surface area contributed by atoms with E-state index in [1.165, 1.54) is 49.8 Å². The number of rotatable bonds is 5. The molecule has 1 aromatic heterocycles. The molecule has 2 rings (SSSR count). The van der Waals surface area contributed by atoms with E-state index in [2.05, 4.69) is 30.5 Å². The molecule has 0 saturated heterocycles. The molecule has 1 unspecified atom stereocenters. The molecule has 1 saturated carbocycles. The highest BCUT2D eigenvalue weighted by atomic mass is 15.3. The summed E-state index contributed by atoms with van der Waals surface area (Å²) >= 11 is 0. The van der Waals surface area contributed by atoms with Gasteiger partial charge < -0.3 is 5.32 Å². The zero-order valence-electron chi connectivity index (χ0n) is 12.1. The van der Waals surface area contributed by atoms with Crippen LogP contribution >= 0.6 is 0 Å². The molecule has 1 aliphatic carbocycles. The Balaban J connectivity index is 2.15. The SMILES string of the molecule is CCCNC(c1cn(C)nc1C)C1CCCCC1. The van der Waals surface area contributed by atoms with Crippen molar-refractivity contribution in [1.29, 1.82) is 0 Å². The van der Waals surface area contributed by atoms with Gasteiger partial charge in [0, 0.05) is 24.8 Å². The lowest BCUT2D eigenvalue weighted by atomic mass is 9.81. The van der Waals surface area contributed by atoms with Crippen molar-refractivity contribution >= 4 is 0 Å². The lowest BCUT2D eigenvalue weighted by Crippen LogP contribution is -2.30. The van der Waals surface area contributed by atoms with Gasteiger partial charge in [0.2, 0.25) is 0 Å². The lowest BCUT2D eigenvalue weighted by molar-refractivity contribution is 0.271. The second-order valence-electron chi connectivity index (χ2n) is 5.67. The van der Waals surface area contributed by atoms with Gasteiger partial charge in [0.25, 0.3) is 0 Å². The number of nitrogens with zero attached hydrogens (tertiary/aromatic N) is 2. The molecule has 1 N–H and O–H groups in total. The van der Waals surface area contributed by atoms with E-state index in [1.807, 2.05) is 11.7 Å². The fourth-order valence-corrected chi connectivity index (χ4v) is 3.22. The standard InChI is InChI=1S/C15H27N3/c1-4-10-16-15(13-8-6-5-7-9-13)14-11-18(3)17-12(14)2/h11,13,15-16H,4-10H2,1-3H3. The minimum atomic E-state index is 0.513. The Morgan fingerprint density at radius 1 is 1.39 bits per heavy atom. The molecule has 0 radical (unpaired) electrons. The monoisotopic (exact) mass is 249 g/mol. The zero-order chi connectivity index (χ0) is 13.0. The Labute approximate surface area is 111 Å². The van der Waals surface area contributed by atoms with Crippen molar-refractivity contribution in [2.75, 3.05) is 6.54 Å². The predicted octanol–water partition coefficient (Wildman–Crippen LogP) is 3.35. The molecular formula is C15H27N3. The summed E-state index contributed by atoms with van der Waals surface area (Å²) in [7, 11) is 2.02. The van der Waals surface area contributed by atoms with Crippen LogP contribution in [0.15, 0.2) is 6.20 Å². The van der Waals surface area contributed by atoms with Crippen LogP contribution in [0.5, 0.6) is 0 Å². The quantitative estimate of drug-likeness (QED) is 0.867. The molecule has 3 heteroatoms. The van der Waals surface area contributed by atoms with Crippen molar-refractivity contribution < 1.29 is 0 Å². The maximum Gasteiger partial charge on any atom is 0.0641 e. The highest BCUT2D eigenvalue weighted by Gasteiger charge is 2.26. The van der Waals surface area contributed by atoms with Gasteiger partial charge in [0.15, 0.2) is 0 Å². The first-order valence-corrected chi connectivity index (χ1v) is 7.46. The van der Waals surface area contributed by atoms with E-state index in [-0.39, 0.29) is 0 Å². The van der Waals surface area contributed by atoms with Crippen molar-refractivity contribution in [3.8, 4) is 0 Å². The van der Waals surface area contributed by atoms with Gasteiger partial charge in [0.1, 0.15) is 0 Å². The fourth-order valence-electron chi connectivity index (χ4n) is 3.22. The summed E-state index contributed by atoms with van der Waals surface area (Å²) in [6.45, 7) is 5.48. The van der Waals surface area contributed by atoms with E-state index in [0.29, 0.717) is 6.04 Å². The minimum Gasteiger partial charge on any atom is -0.310 e. The molecule has 1 atom stereocenters. The number of hydrogen-bond acceptors (Lipinski definition) is 2. The highest BCUT2D eigenvalue weighted by molar-refractivity contribution is 5.21. The average molecular weight is 249 g/mol. The molecule has 0 amide bonds. The molecule has 1 aliphatic rings. The molecule has 102 valence electrons. The van der Waals surface area contributed by atoms with Crippen molar-refractivity contribution in [3.05, 3.63) is 17.5 Å². The van der Waals surface area contributed by atoms with Crippen LogP contribution in [0, 0.1) is 12.8 Å². The number of aryl methyl sites for hydroxylation is 2. The first-order chi connectivity index (χ1) is 8.72. The first kappa shape index (κ1) is 13.6. The van der Waals surface area contributed by atoms with Crippen LogP contribution in [0.2, 0.25) is 0 Å². The summed E-state index contributed by atoms with van der Waals surface area (Å²) in [6.07, 6.45) is 10.4. The van der Waals surface area contributed by atoms with E-state index >= 15 is 0 Å². The Morgan fingerprint density at radius 2 is 2.11 bits per heavy atom. The van der Waals surface area contributed by atoms with E-state index in [0.717, 1.165) is 12.5 Å². The smallest absolute Gasteiger partial charge is 0.0641 e. The summed E-state index contributed by atoms with van der Waals surface area (Å²) < 4.78 is 1.95. The second kappa shape index (κ2) is 6.37. The third-order valence-corrected chi connectivity index (χ3v) is 4.12. The third kappa shape index (κ3) is 3.14. The summed E-state index contributed by atoms with van der Waals surface area (Å²) in [5.74, 6) is 0.799. The van der Waals surface area contributed by atoms with Gasteiger partial charge in [-0.3, -0.25) is 4.68 Å². The van der Waals surface area contributed by atoms with Crippen molar-refractivity contribution in [2.45, 2.75) is 58.4 Å². The van der Waals surface area contributed by atoms with Crippen LogP contribution in [0.3, 0.4) is 0 Å². The van der Waals surface area contributed by atoms with Crippen molar-refractivity contribution in [1.82, 2.24) is 15.1 Å². The second-order valence-corrected chi connectivity index (χ2v) is 5.67. The van der Waals surface area contributed by atoms with Gasteiger partial charge in [-0.25, -0.2) is 0 Å². The molecule has 0 aliphatic heterocycles. The predicted molar refractivity (Wildman–Crippen MR) is 75.6 cm³/mol. The van der Waals surface area contributed by atoms with Crippen LogP contribution < -0.4 is 5.32 Å². The Morgan fingerprint density at radius 3 is 2.67 bits per heavy atom. The summed E-state index contributed by atoms with van der Waals surface area (Å²) in [5, 5.41) is 8.27. The van der Waals surface area contributed by atoms with E-state index in [4.69, 9.17) is 0 Å². The van der Waals surface area contributed by atoms with Crippen LogP contribution in [-0.2, 0) is 7.05 Å². The average Bonchev–Trinajstić information content (AvgIpc) is 2.70. The summed E-state index contributed by atoms with van der Waals surface area (Å²) in [4.78, 5) is 0. The van der Waals surface area contributed by atoms with Gasteiger partial charge in [-0.2, -0.15) is 5.10 Å². The maximum atomic E-state index is 4.51. The van der Waals surface area contributed by atoms with Crippen LogP contribution in [0.25, 0.3) is 0 Å². The molecule has 18 heavy (non-hydrogen) atoms. The summed E-state index contributed by atoms with van der Waals surface area (Å²) in [5.41, 5.74) is 2.61. The zero-order valence-corrected chi connectivity index (χ0v) is 12.1. The maximum absolute atomic E-state index is 4.51. The van der Waals surface area contributed by atoms with Crippen molar-refractivity contribution in [3.63, 3.8) is 0 Å². The van der Waals surface area contributed by atoms with Gasteiger partial charge in [-0.05, 0) is 38.6 Å². The fraction of sp³-hybridized carbons (Fsp3) is 0.800. The van der Waals surface area contributed by atoms with Crippen LogP contribution in [0.4, 0.5) is 0 Å². The van der Waals surface area contributed by atoms with Gasteiger partial charge >= 0.3 is 0 Å². The molecule has 1 fully saturated rings. The third-order valence-electron chi connectivity index (χ3n) is 4.12. The molecular weight excluding hydrogens is 222 g/mol. The molecule has 3 nitrogen and oxygen atoms in total. The largest absolute Gasteiger partial charge is 0.310 e.